The molecule has 0 unspecified atom stereocenters. The Hall–Kier alpha value is -1.93. The van der Waals surface area contributed by atoms with Crippen LogP contribution in [0.15, 0.2) is 24.5 Å². The van der Waals surface area contributed by atoms with Gasteiger partial charge in [-0.15, -0.1) is 0 Å². The van der Waals surface area contributed by atoms with Gasteiger partial charge in [-0.05, 0) is 30.9 Å². The minimum absolute atomic E-state index is 0.00905. The number of pyridine rings is 1. The van der Waals surface area contributed by atoms with Gasteiger partial charge in [0.1, 0.15) is 5.65 Å². The van der Waals surface area contributed by atoms with Crippen molar-refractivity contribution in [2.75, 3.05) is 18.8 Å². The maximum atomic E-state index is 12.5. The third-order valence-corrected chi connectivity index (χ3v) is 5.18. The molecule has 124 valence electrons. The highest BCUT2D eigenvalue weighted by atomic mass is 32.2. The van der Waals surface area contributed by atoms with Crippen LogP contribution in [0, 0.1) is 12.8 Å². The first-order chi connectivity index (χ1) is 10.8. The lowest BCUT2D eigenvalue weighted by molar-refractivity contribution is -0.129. The first-order valence-corrected chi connectivity index (χ1v) is 9.25. The normalized spacial score (nSPS) is 18.7. The van der Waals surface area contributed by atoms with Gasteiger partial charge in [-0.2, -0.15) is 0 Å². The first kappa shape index (κ1) is 15.9. The van der Waals surface area contributed by atoms with Crippen molar-refractivity contribution in [2.45, 2.75) is 19.8 Å². The Balaban J connectivity index is 1.69. The molecule has 0 spiro atoms. The summed E-state index contributed by atoms with van der Waals surface area (Å²) in [7, 11) is -3.49. The minimum atomic E-state index is -3.49. The molecule has 0 aromatic carbocycles. The zero-order valence-electron chi connectivity index (χ0n) is 13.0. The van der Waals surface area contributed by atoms with Crippen molar-refractivity contribution in [2.24, 2.45) is 11.1 Å². The lowest BCUT2D eigenvalue weighted by Gasteiger charge is -2.16. The topological polar surface area (TPSA) is 97.8 Å². The Morgan fingerprint density at radius 3 is 3.00 bits per heavy atom. The standard InChI is InChI=1S/C15H20N4O3S/c1-11-3-2-5-19-13(8-17-15(11)19)7-14(20)18-6-4-12(9-18)10-23(16,21)22/h2-3,5,8,12H,4,6-7,9-10H2,1H3,(H2,16,21,22)/t12-/m1/s1. The fraction of sp³-hybridized carbons (Fsp3) is 0.467. The van der Waals surface area contributed by atoms with Crippen LogP contribution in [0.1, 0.15) is 17.7 Å². The SMILES string of the molecule is Cc1cccn2c(CC(=O)N3CC[C@@H](CS(N)(=O)=O)C3)cnc12. The summed E-state index contributed by atoms with van der Waals surface area (Å²) in [5.74, 6) is -0.144. The molecule has 1 aliphatic rings. The van der Waals surface area contributed by atoms with Gasteiger partial charge in [0.2, 0.25) is 15.9 Å². The highest BCUT2D eigenvalue weighted by Crippen LogP contribution is 2.19. The van der Waals surface area contributed by atoms with Crippen LogP contribution in [0.25, 0.3) is 5.65 Å². The number of sulfonamides is 1. The Kier molecular flexibility index (Phi) is 4.11. The Morgan fingerprint density at radius 2 is 2.26 bits per heavy atom. The van der Waals surface area contributed by atoms with Crippen LogP contribution in [0.2, 0.25) is 0 Å². The van der Waals surface area contributed by atoms with E-state index in [1.54, 1.807) is 11.1 Å². The molecule has 1 fully saturated rings. The minimum Gasteiger partial charge on any atom is -0.342 e. The zero-order chi connectivity index (χ0) is 16.6. The van der Waals surface area contributed by atoms with E-state index < -0.39 is 10.0 Å². The van der Waals surface area contributed by atoms with Crippen LogP contribution in [0.4, 0.5) is 0 Å². The first-order valence-electron chi connectivity index (χ1n) is 7.53. The van der Waals surface area contributed by atoms with Gasteiger partial charge < -0.3 is 9.30 Å². The molecule has 1 amide bonds. The molecule has 1 atom stereocenters. The molecule has 2 aromatic heterocycles. The number of aromatic nitrogens is 2. The summed E-state index contributed by atoms with van der Waals surface area (Å²) in [5.41, 5.74) is 2.74. The second-order valence-corrected chi connectivity index (χ2v) is 7.79. The number of hydrogen-bond acceptors (Lipinski definition) is 4. The Morgan fingerprint density at radius 1 is 1.48 bits per heavy atom. The summed E-state index contributed by atoms with van der Waals surface area (Å²) >= 11 is 0. The monoisotopic (exact) mass is 336 g/mol. The second-order valence-electron chi connectivity index (χ2n) is 6.14. The number of hydrogen-bond donors (Lipinski definition) is 1. The van der Waals surface area contributed by atoms with E-state index in [9.17, 15) is 13.2 Å². The second kappa shape index (κ2) is 5.93. The van der Waals surface area contributed by atoms with Crippen LogP contribution >= 0.6 is 0 Å². The molecule has 1 saturated heterocycles. The average Bonchev–Trinajstić information content (AvgIpc) is 3.05. The highest BCUT2D eigenvalue weighted by molar-refractivity contribution is 7.89. The fourth-order valence-electron chi connectivity index (χ4n) is 3.12. The van der Waals surface area contributed by atoms with E-state index in [0.717, 1.165) is 16.9 Å². The van der Waals surface area contributed by atoms with E-state index in [0.29, 0.717) is 19.5 Å². The molecule has 3 rings (SSSR count). The van der Waals surface area contributed by atoms with E-state index in [-0.39, 0.29) is 24.0 Å². The van der Waals surface area contributed by atoms with Gasteiger partial charge in [0, 0.05) is 25.5 Å². The summed E-state index contributed by atoms with van der Waals surface area (Å²) in [6.45, 7) is 3.01. The summed E-state index contributed by atoms with van der Waals surface area (Å²) in [6.07, 6.45) is 4.55. The van der Waals surface area contributed by atoms with Gasteiger partial charge in [-0.1, -0.05) is 6.07 Å². The molecule has 2 aromatic rings. The number of amides is 1. The molecule has 8 heteroatoms. The lowest BCUT2D eigenvalue weighted by atomic mass is 10.2. The quantitative estimate of drug-likeness (QED) is 0.869. The molecule has 0 saturated carbocycles. The molecular weight excluding hydrogens is 316 g/mol. The molecule has 3 heterocycles. The van der Waals surface area contributed by atoms with E-state index >= 15 is 0 Å². The van der Waals surface area contributed by atoms with Gasteiger partial charge in [-0.25, -0.2) is 18.5 Å². The number of nitrogens with zero attached hydrogens (tertiary/aromatic N) is 3. The van der Waals surface area contributed by atoms with Crippen LogP contribution in [0.3, 0.4) is 0 Å². The Labute approximate surface area is 135 Å². The van der Waals surface area contributed by atoms with Crippen LogP contribution in [-0.2, 0) is 21.2 Å². The van der Waals surface area contributed by atoms with Crippen LogP contribution < -0.4 is 5.14 Å². The van der Waals surface area contributed by atoms with Crippen molar-refractivity contribution in [3.63, 3.8) is 0 Å². The predicted molar refractivity (Wildman–Crippen MR) is 86.3 cm³/mol. The highest BCUT2D eigenvalue weighted by Gasteiger charge is 2.29. The molecule has 1 aliphatic heterocycles. The predicted octanol–water partition coefficient (Wildman–Crippen LogP) is 0.322. The molecular formula is C15H20N4O3S. The molecule has 2 N–H and O–H groups in total. The number of carbonyl (C=O) groups is 1. The summed E-state index contributed by atoms with van der Waals surface area (Å²) in [5, 5.41) is 5.08. The smallest absolute Gasteiger partial charge is 0.228 e. The number of imidazole rings is 1. The number of carbonyl (C=O) groups excluding carboxylic acids is 1. The Bertz CT molecular complexity index is 844. The number of likely N-dealkylation sites (tertiary alicyclic amines) is 1. The molecule has 0 aliphatic carbocycles. The van der Waals surface area contributed by atoms with Crippen molar-refractivity contribution < 1.29 is 13.2 Å². The van der Waals surface area contributed by atoms with E-state index in [4.69, 9.17) is 5.14 Å². The maximum absolute atomic E-state index is 12.5. The number of primary sulfonamides is 1. The molecule has 0 radical (unpaired) electrons. The lowest BCUT2D eigenvalue weighted by Crippen LogP contribution is -2.32. The number of rotatable bonds is 4. The number of nitrogens with two attached hydrogens (primary N) is 1. The summed E-state index contributed by atoms with van der Waals surface area (Å²) in [4.78, 5) is 18.5. The summed E-state index contributed by atoms with van der Waals surface area (Å²) < 4.78 is 24.2. The number of aryl methyl sites for hydroxylation is 1. The zero-order valence-corrected chi connectivity index (χ0v) is 13.8. The average molecular weight is 336 g/mol. The number of fused-ring (bicyclic) bond motifs is 1. The van der Waals surface area contributed by atoms with Crippen molar-refractivity contribution in [1.29, 1.82) is 0 Å². The van der Waals surface area contributed by atoms with E-state index in [2.05, 4.69) is 4.98 Å². The fourth-order valence-corrected chi connectivity index (χ4v) is 4.05. The van der Waals surface area contributed by atoms with Crippen molar-refractivity contribution in [3.05, 3.63) is 35.8 Å². The maximum Gasteiger partial charge on any atom is 0.228 e. The third-order valence-electron chi connectivity index (χ3n) is 4.25. The van der Waals surface area contributed by atoms with Crippen LogP contribution in [-0.4, -0.2) is 47.5 Å². The third kappa shape index (κ3) is 3.53. The van der Waals surface area contributed by atoms with Gasteiger partial charge in [0.25, 0.3) is 0 Å². The molecule has 23 heavy (non-hydrogen) atoms. The molecule has 0 bridgehead atoms. The van der Waals surface area contributed by atoms with Crippen molar-refractivity contribution >= 4 is 21.6 Å². The van der Waals surface area contributed by atoms with Crippen molar-refractivity contribution in [3.8, 4) is 0 Å². The largest absolute Gasteiger partial charge is 0.342 e. The summed E-state index contributed by atoms with van der Waals surface area (Å²) in [6, 6.07) is 3.91. The molecule has 7 nitrogen and oxygen atoms in total. The van der Waals surface area contributed by atoms with Gasteiger partial charge >= 0.3 is 0 Å². The van der Waals surface area contributed by atoms with E-state index in [1.807, 2.05) is 29.7 Å². The van der Waals surface area contributed by atoms with E-state index in [1.165, 1.54) is 0 Å². The van der Waals surface area contributed by atoms with Crippen molar-refractivity contribution in [1.82, 2.24) is 14.3 Å². The van der Waals surface area contributed by atoms with Crippen LogP contribution in [0.5, 0.6) is 0 Å². The van der Waals surface area contributed by atoms with Gasteiger partial charge in [0.05, 0.1) is 17.9 Å². The van der Waals surface area contributed by atoms with Gasteiger partial charge in [-0.3, -0.25) is 4.79 Å². The van der Waals surface area contributed by atoms with Gasteiger partial charge in [0.15, 0.2) is 0 Å².